The molecule has 0 N–H and O–H groups in total. The summed E-state index contributed by atoms with van der Waals surface area (Å²) < 4.78 is 5.09. The quantitative estimate of drug-likeness (QED) is 0.131. The largest absolute Gasteiger partial charge is 0.310 e. The zero-order valence-electron chi connectivity index (χ0n) is 42.3. The highest BCUT2D eigenvalue weighted by atomic mass is 32.1. The summed E-state index contributed by atoms with van der Waals surface area (Å²) in [5.74, 6) is 0. The molecule has 2 aliphatic carbocycles. The Morgan fingerprint density at radius 1 is 0.442 bits per heavy atom. The molecule has 0 unspecified atom stereocenters. The van der Waals surface area contributed by atoms with E-state index in [2.05, 4.69) is 289 Å². The van der Waals surface area contributed by atoms with Crippen LogP contribution in [0.3, 0.4) is 0 Å². The third kappa shape index (κ3) is 7.08. The van der Waals surface area contributed by atoms with E-state index in [1.165, 1.54) is 109 Å². The average Bonchev–Trinajstić information content (AvgIpc) is 4.20. The third-order valence-electron chi connectivity index (χ3n) is 16.3. The van der Waals surface area contributed by atoms with Crippen LogP contribution in [0.1, 0.15) is 22.3 Å². The van der Waals surface area contributed by atoms with Gasteiger partial charge in [-0.05, 0) is 152 Å². The molecule has 0 bridgehead atoms. The molecule has 15 rings (SSSR count). The fourth-order valence-corrected chi connectivity index (χ4v) is 14.1. The molecular formula is C74H50N2S. The standard InChI is InChI=1S/C74H50N2S/c1-2-18-58(48-56-45-55-21-6-11-28-65(55)74(56)66-29-12-7-24-60(66)61-25-8-13-30-67(61)74)75(57-42-39-50(40-43-57)49-19-4-3-5-20-49)59-23-16-22-53(46-59)51-35-37-52(38-36-51)54-41-44-69-64(47-54)62-26-9-14-31-68(62)76(69)70-32-17-34-72-73(70)63-27-10-15-33-71(63)77-72/h2-44,46-48H,1,45H2/b56-48+,58-18+. The van der Waals surface area contributed by atoms with Gasteiger partial charge >= 0.3 is 0 Å². The number of para-hydroxylation sites is 1. The highest BCUT2D eigenvalue weighted by Crippen LogP contribution is 2.61. The van der Waals surface area contributed by atoms with E-state index in [9.17, 15) is 0 Å². The molecule has 2 nitrogen and oxygen atoms in total. The van der Waals surface area contributed by atoms with Gasteiger partial charge in [-0.2, -0.15) is 0 Å². The van der Waals surface area contributed by atoms with Crippen molar-refractivity contribution in [3.05, 3.63) is 319 Å². The van der Waals surface area contributed by atoms with E-state index < -0.39 is 5.41 Å². The molecule has 13 aromatic rings. The lowest BCUT2D eigenvalue weighted by molar-refractivity contribution is 0.770. The first-order chi connectivity index (χ1) is 38.1. The van der Waals surface area contributed by atoms with Crippen molar-refractivity contribution in [2.45, 2.75) is 11.8 Å². The van der Waals surface area contributed by atoms with Crippen LogP contribution in [-0.4, -0.2) is 4.57 Å². The second-order valence-electron chi connectivity index (χ2n) is 20.4. The molecule has 0 aliphatic heterocycles. The Kier molecular flexibility index (Phi) is 10.6. The van der Waals surface area contributed by atoms with Crippen molar-refractivity contribution in [3.63, 3.8) is 0 Å². The zero-order chi connectivity index (χ0) is 51.0. The molecule has 2 aromatic heterocycles. The molecule has 77 heavy (non-hydrogen) atoms. The Balaban J connectivity index is 0.831. The SMILES string of the molecule is C=C/C=C(\C=C1/Cc2ccccc2C12c1ccccc1-c1ccccc12)N(c1ccc(-c2ccccc2)cc1)c1cccc(-c2ccc(-c3ccc4c(c3)c3ccccc3n4-c3cccc4sc5ccccc5c34)cc2)c1. The number of hydrogen-bond donors (Lipinski definition) is 0. The number of allylic oxidation sites excluding steroid dienone is 4. The van der Waals surface area contributed by atoms with E-state index in [0.717, 1.165) is 34.6 Å². The first-order valence-corrected chi connectivity index (χ1v) is 27.4. The van der Waals surface area contributed by atoms with Gasteiger partial charge in [-0.25, -0.2) is 0 Å². The summed E-state index contributed by atoms with van der Waals surface area (Å²) >= 11 is 1.87. The fraction of sp³-hybridized carbons (Fsp3) is 0.0270. The van der Waals surface area contributed by atoms with Crippen LogP contribution in [0.5, 0.6) is 0 Å². The summed E-state index contributed by atoms with van der Waals surface area (Å²) in [6.07, 6.45) is 7.42. The number of rotatable bonds is 9. The molecule has 0 amide bonds. The molecule has 0 saturated carbocycles. The Morgan fingerprint density at radius 3 is 1.77 bits per heavy atom. The van der Waals surface area contributed by atoms with Crippen LogP contribution in [0, 0.1) is 0 Å². The Morgan fingerprint density at radius 2 is 1.00 bits per heavy atom. The van der Waals surface area contributed by atoms with Gasteiger partial charge in [-0.15, -0.1) is 11.3 Å². The number of benzene rings is 11. The Hall–Kier alpha value is -9.54. The number of nitrogens with zero attached hydrogens (tertiary/aromatic N) is 2. The van der Waals surface area contributed by atoms with Crippen molar-refractivity contribution >= 4 is 64.7 Å². The molecule has 0 radical (unpaired) electrons. The maximum absolute atomic E-state index is 4.33. The van der Waals surface area contributed by atoms with Gasteiger partial charge in [0.15, 0.2) is 0 Å². The first-order valence-electron chi connectivity index (χ1n) is 26.6. The lowest BCUT2D eigenvalue weighted by Crippen LogP contribution is -2.27. The molecule has 2 aliphatic rings. The summed E-state index contributed by atoms with van der Waals surface area (Å²) in [5, 5.41) is 5.11. The van der Waals surface area contributed by atoms with Crippen LogP contribution in [-0.2, 0) is 11.8 Å². The van der Waals surface area contributed by atoms with Gasteiger partial charge in [0.2, 0.25) is 0 Å². The predicted octanol–water partition coefficient (Wildman–Crippen LogP) is 19.9. The topological polar surface area (TPSA) is 8.17 Å². The maximum Gasteiger partial charge on any atom is 0.0683 e. The van der Waals surface area contributed by atoms with Crippen LogP contribution in [0.4, 0.5) is 11.4 Å². The van der Waals surface area contributed by atoms with Crippen LogP contribution >= 0.6 is 11.3 Å². The third-order valence-corrected chi connectivity index (χ3v) is 17.4. The van der Waals surface area contributed by atoms with Crippen molar-refractivity contribution in [2.75, 3.05) is 4.90 Å². The summed E-state index contributed by atoms with van der Waals surface area (Å²) in [6, 6.07) is 96.3. The van der Waals surface area contributed by atoms with Crippen LogP contribution in [0.15, 0.2) is 297 Å². The highest BCUT2D eigenvalue weighted by molar-refractivity contribution is 7.25. The summed E-state index contributed by atoms with van der Waals surface area (Å²) in [4.78, 5) is 2.41. The molecule has 0 fully saturated rings. The molecular weight excluding hydrogens is 949 g/mol. The van der Waals surface area contributed by atoms with Gasteiger partial charge in [0.05, 0.1) is 22.1 Å². The number of anilines is 2. The average molecular weight is 999 g/mol. The van der Waals surface area contributed by atoms with Crippen LogP contribution in [0.2, 0.25) is 0 Å². The summed E-state index contributed by atoms with van der Waals surface area (Å²) in [7, 11) is 0. The highest BCUT2D eigenvalue weighted by Gasteiger charge is 2.51. The zero-order valence-corrected chi connectivity index (χ0v) is 43.1. The van der Waals surface area contributed by atoms with Gasteiger partial charge in [-0.1, -0.05) is 213 Å². The molecule has 0 saturated heterocycles. The number of thiophene rings is 1. The van der Waals surface area contributed by atoms with Crippen molar-refractivity contribution in [1.29, 1.82) is 0 Å². The van der Waals surface area contributed by atoms with Gasteiger partial charge in [-0.3, -0.25) is 0 Å². The minimum atomic E-state index is -0.438. The Bertz CT molecular complexity index is 4500. The van der Waals surface area contributed by atoms with Gasteiger partial charge in [0.1, 0.15) is 0 Å². The van der Waals surface area contributed by atoms with Gasteiger partial charge in [0.25, 0.3) is 0 Å². The fourth-order valence-electron chi connectivity index (χ4n) is 13.0. The minimum Gasteiger partial charge on any atom is -0.310 e. The van der Waals surface area contributed by atoms with Crippen molar-refractivity contribution in [2.24, 2.45) is 0 Å². The lowest BCUT2D eigenvalue weighted by atomic mass is 9.70. The number of aromatic nitrogens is 1. The summed E-state index contributed by atoms with van der Waals surface area (Å²) in [6.45, 7) is 4.33. The van der Waals surface area contributed by atoms with Crippen molar-refractivity contribution in [1.82, 2.24) is 4.57 Å². The van der Waals surface area contributed by atoms with Crippen LogP contribution < -0.4 is 4.90 Å². The molecule has 1 spiro atoms. The second-order valence-corrected chi connectivity index (χ2v) is 21.5. The molecule has 0 atom stereocenters. The molecule has 11 aromatic carbocycles. The lowest BCUT2D eigenvalue weighted by Gasteiger charge is -2.33. The minimum absolute atomic E-state index is 0.438. The molecule has 362 valence electrons. The van der Waals surface area contributed by atoms with Crippen LogP contribution in [0.25, 0.3) is 92.2 Å². The normalized spacial score (nSPS) is 13.9. The Labute approximate surface area is 452 Å². The second kappa shape index (κ2) is 18.1. The smallest absolute Gasteiger partial charge is 0.0683 e. The van der Waals surface area contributed by atoms with Gasteiger partial charge in [0, 0.05) is 48.0 Å². The van der Waals surface area contributed by atoms with E-state index in [0.29, 0.717) is 0 Å². The van der Waals surface area contributed by atoms with Crippen molar-refractivity contribution < 1.29 is 0 Å². The monoisotopic (exact) mass is 998 g/mol. The summed E-state index contributed by atoms with van der Waals surface area (Å²) in [5.41, 5.74) is 22.8. The van der Waals surface area contributed by atoms with Gasteiger partial charge < -0.3 is 9.47 Å². The van der Waals surface area contributed by atoms with E-state index in [-0.39, 0.29) is 0 Å². The van der Waals surface area contributed by atoms with E-state index in [1.54, 1.807) is 0 Å². The van der Waals surface area contributed by atoms with E-state index in [1.807, 2.05) is 17.4 Å². The first kappa shape index (κ1) is 44.9. The molecule has 3 heteroatoms. The maximum atomic E-state index is 4.33. The van der Waals surface area contributed by atoms with E-state index >= 15 is 0 Å². The predicted molar refractivity (Wildman–Crippen MR) is 327 cm³/mol. The number of fused-ring (bicyclic) bond motifs is 13. The number of hydrogen-bond acceptors (Lipinski definition) is 2. The van der Waals surface area contributed by atoms with Crippen molar-refractivity contribution in [3.8, 4) is 50.2 Å². The molecule has 2 heterocycles. The van der Waals surface area contributed by atoms with E-state index in [4.69, 9.17) is 0 Å².